The molecule has 3 aliphatic rings. The molecule has 1 aliphatic heterocycles. The van der Waals surface area contributed by atoms with Crippen LogP contribution in [0.1, 0.15) is 64.3 Å². The van der Waals surface area contributed by atoms with Crippen LogP contribution in [-0.2, 0) is 12.8 Å². The van der Waals surface area contributed by atoms with Gasteiger partial charge < -0.3 is 9.80 Å². The van der Waals surface area contributed by atoms with Crippen molar-refractivity contribution < 1.29 is 4.79 Å². The highest BCUT2D eigenvalue weighted by Crippen LogP contribution is 2.44. The predicted molar refractivity (Wildman–Crippen MR) is 130 cm³/mol. The molecule has 32 heavy (non-hydrogen) atoms. The number of nitrogens with zero attached hydrogens (tertiary/aromatic N) is 4. The van der Waals surface area contributed by atoms with Crippen molar-refractivity contribution in [2.75, 3.05) is 31.1 Å². The molecule has 1 saturated heterocycles. The Balaban J connectivity index is 1.30. The molecular formula is C26H30N4OS. The Morgan fingerprint density at radius 1 is 1.06 bits per heavy atom. The van der Waals surface area contributed by atoms with Gasteiger partial charge in [-0.1, -0.05) is 25.1 Å². The lowest BCUT2D eigenvalue weighted by molar-refractivity contribution is 0.0746. The molecule has 2 aromatic heterocycles. The molecule has 1 aromatic carbocycles. The quantitative estimate of drug-likeness (QED) is 0.570. The maximum Gasteiger partial charge on any atom is 0.254 e. The monoisotopic (exact) mass is 446 g/mol. The van der Waals surface area contributed by atoms with Gasteiger partial charge in [-0.05, 0) is 62.1 Å². The van der Waals surface area contributed by atoms with Gasteiger partial charge in [-0.15, -0.1) is 11.3 Å². The number of fused-ring (bicyclic) bond motifs is 3. The number of aryl methyl sites for hydroxylation is 2. The standard InChI is InChI=1S/C26H30N4OS/c1-16-7-10-20-21(15-16)32-25-22(20)24(27-23(28-25)18-8-9-18)29-11-13-30(14-12-29)26(31)19-6-4-3-5-17(19)2/h3-6,16,18H,7-15H2,1-2H3/t16-/m1/s1. The molecular weight excluding hydrogens is 416 g/mol. The molecule has 1 amide bonds. The normalized spacial score (nSPS) is 21.1. The summed E-state index contributed by atoms with van der Waals surface area (Å²) in [5.41, 5.74) is 3.37. The van der Waals surface area contributed by atoms with E-state index in [1.807, 2.05) is 47.4 Å². The highest BCUT2D eigenvalue weighted by Gasteiger charge is 2.32. The Hall–Kier alpha value is -2.47. The van der Waals surface area contributed by atoms with Crippen molar-refractivity contribution in [2.45, 2.75) is 51.9 Å². The zero-order valence-corrected chi connectivity index (χ0v) is 19.7. The van der Waals surface area contributed by atoms with Gasteiger partial charge in [0.25, 0.3) is 5.91 Å². The number of hydrogen-bond acceptors (Lipinski definition) is 5. The van der Waals surface area contributed by atoms with Crippen molar-refractivity contribution in [3.8, 4) is 0 Å². The minimum atomic E-state index is 0.149. The molecule has 6 heteroatoms. The van der Waals surface area contributed by atoms with E-state index >= 15 is 0 Å². The Labute approximate surface area is 193 Å². The molecule has 2 fully saturated rings. The fourth-order valence-corrected chi connectivity index (χ4v) is 6.58. The fourth-order valence-electron chi connectivity index (χ4n) is 5.20. The van der Waals surface area contributed by atoms with Gasteiger partial charge in [0.1, 0.15) is 16.5 Å². The molecule has 3 aromatic rings. The number of carbonyl (C=O) groups is 1. The Morgan fingerprint density at radius 3 is 2.59 bits per heavy atom. The van der Waals surface area contributed by atoms with Gasteiger partial charge in [0.15, 0.2) is 0 Å². The van der Waals surface area contributed by atoms with Crippen molar-refractivity contribution in [2.24, 2.45) is 5.92 Å². The van der Waals surface area contributed by atoms with Gasteiger partial charge in [-0.3, -0.25) is 4.79 Å². The van der Waals surface area contributed by atoms with Crippen LogP contribution in [0.25, 0.3) is 10.2 Å². The van der Waals surface area contributed by atoms with Crippen molar-refractivity contribution in [3.05, 3.63) is 51.7 Å². The molecule has 5 nitrogen and oxygen atoms in total. The molecule has 1 atom stereocenters. The minimum Gasteiger partial charge on any atom is -0.352 e. The molecule has 166 valence electrons. The van der Waals surface area contributed by atoms with E-state index in [1.54, 1.807) is 0 Å². The third kappa shape index (κ3) is 3.49. The summed E-state index contributed by atoms with van der Waals surface area (Å²) in [7, 11) is 0. The molecule has 1 saturated carbocycles. The van der Waals surface area contributed by atoms with E-state index in [9.17, 15) is 4.79 Å². The topological polar surface area (TPSA) is 49.3 Å². The summed E-state index contributed by atoms with van der Waals surface area (Å²) in [6.45, 7) is 7.51. The lowest BCUT2D eigenvalue weighted by atomic mass is 9.89. The Bertz CT molecular complexity index is 1190. The first kappa shape index (κ1) is 20.2. The van der Waals surface area contributed by atoms with Gasteiger partial charge in [0.05, 0.1) is 5.39 Å². The maximum absolute atomic E-state index is 13.1. The average molecular weight is 447 g/mol. The van der Waals surface area contributed by atoms with Crippen LogP contribution in [0.2, 0.25) is 0 Å². The molecule has 0 N–H and O–H groups in total. The summed E-state index contributed by atoms with van der Waals surface area (Å²) >= 11 is 1.90. The highest BCUT2D eigenvalue weighted by atomic mass is 32.1. The third-order valence-electron chi connectivity index (χ3n) is 7.34. The number of hydrogen-bond donors (Lipinski definition) is 0. The predicted octanol–water partition coefficient (Wildman–Crippen LogP) is 4.96. The number of amides is 1. The van der Waals surface area contributed by atoms with Crippen LogP contribution in [0.15, 0.2) is 24.3 Å². The number of thiophene rings is 1. The lowest BCUT2D eigenvalue weighted by Crippen LogP contribution is -2.49. The molecule has 2 aliphatic carbocycles. The van der Waals surface area contributed by atoms with Crippen LogP contribution in [-0.4, -0.2) is 47.0 Å². The Morgan fingerprint density at radius 2 is 1.84 bits per heavy atom. The smallest absolute Gasteiger partial charge is 0.254 e. The largest absolute Gasteiger partial charge is 0.352 e. The maximum atomic E-state index is 13.1. The number of piperazine rings is 1. The molecule has 0 bridgehead atoms. The number of aromatic nitrogens is 2. The van der Waals surface area contributed by atoms with Crippen LogP contribution < -0.4 is 4.90 Å². The summed E-state index contributed by atoms with van der Waals surface area (Å²) in [5, 5.41) is 1.31. The van der Waals surface area contributed by atoms with Crippen LogP contribution in [0.5, 0.6) is 0 Å². The second-order valence-electron chi connectivity index (χ2n) is 9.81. The Kier molecular flexibility index (Phi) is 4.94. The summed E-state index contributed by atoms with van der Waals surface area (Å²) in [5.74, 6) is 3.62. The number of rotatable bonds is 3. The van der Waals surface area contributed by atoms with E-state index in [0.29, 0.717) is 5.92 Å². The highest BCUT2D eigenvalue weighted by molar-refractivity contribution is 7.19. The summed E-state index contributed by atoms with van der Waals surface area (Å²) in [6, 6.07) is 7.90. The van der Waals surface area contributed by atoms with Crippen LogP contribution in [0.4, 0.5) is 5.82 Å². The first-order chi connectivity index (χ1) is 15.6. The fraction of sp³-hybridized carbons (Fsp3) is 0.500. The van der Waals surface area contributed by atoms with Gasteiger partial charge in [-0.25, -0.2) is 9.97 Å². The van der Waals surface area contributed by atoms with Crippen molar-refractivity contribution in [1.29, 1.82) is 0 Å². The van der Waals surface area contributed by atoms with Crippen molar-refractivity contribution in [3.63, 3.8) is 0 Å². The molecule has 0 unspecified atom stereocenters. The summed E-state index contributed by atoms with van der Waals surface area (Å²) in [4.78, 5) is 30.4. The third-order valence-corrected chi connectivity index (χ3v) is 8.49. The van der Waals surface area contributed by atoms with E-state index in [2.05, 4.69) is 11.8 Å². The van der Waals surface area contributed by atoms with Gasteiger partial charge in [0.2, 0.25) is 0 Å². The van der Waals surface area contributed by atoms with E-state index in [4.69, 9.17) is 9.97 Å². The minimum absolute atomic E-state index is 0.149. The number of carbonyl (C=O) groups excluding carboxylic acids is 1. The van der Waals surface area contributed by atoms with Crippen LogP contribution >= 0.6 is 11.3 Å². The summed E-state index contributed by atoms with van der Waals surface area (Å²) < 4.78 is 0. The molecule has 0 radical (unpaired) electrons. The lowest BCUT2D eigenvalue weighted by Gasteiger charge is -2.36. The van der Waals surface area contributed by atoms with Crippen LogP contribution in [0, 0.1) is 12.8 Å². The SMILES string of the molecule is Cc1ccccc1C(=O)N1CCN(c2nc(C3CC3)nc3sc4c(c23)CC[C@@H](C)C4)CC1. The second-order valence-corrected chi connectivity index (χ2v) is 10.9. The van der Waals surface area contributed by atoms with E-state index < -0.39 is 0 Å². The van der Waals surface area contributed by atoms with Crippen molar-refractivity contribution >= 4 is 33.3 Å². The molecule has 0 spiro atoms. The average Bonchev–Trinajstić information content (AvgIpc) is 3.59. The summed E-state index contributed by atoms with van der Waals surface area (Å²) in [6.07, 6.45) is 5.99. The van der Waals surface area contributed by atoms with Gasteiger partial charge >= 0.3 is 0 Å². The number of anilines is 1. The van der Waals surface area contributed by atoms with Crippen molar-refractivity contribution in [1.82, 2.24) is 14.9 Å². The number of benzene rings is 1. The first-order valence-electron chi connectivity index (χ1n) is 12.0. The van der Waals surface area contributed by atoms with E-state index in [1.165, 1.54) is 46.3 Å². The molecule has 3 heterocycles. The van der Waals surface area contributed by atoms with Gasteiger partial charge in [-0.2, -0.15) is 0 Å². The van der Waals surface area contributed by atoms with Gasteiger partial charge in [0, 0.05) is 42.5 Å². The van der Waals surface area contributed by atoms with E-state index in [-0.39, 0.29) is 5.91 Å². The zero-order chi connectivity index (χ0) is 21.8. The first-order valence-corrected chi connectivity index (χ1v) is 12.8. The molecule has 6 rings (SSSR count). The van der Waals surface area contributed by atoms with Crippen LogP contribution in [0.3, 0.4) is 0 Å². The van der Waals surface area contributed by atoms with E-state index in [0.717, 1.165) is 61.3 Å². The zero-order valence-electron chi connectivity index (χ0n) is 18.9. The second kappa shape index (κ2) is 7.84.